The summed E-state index contributed by atoms with van der Waals surface area (Å²) in [6.45, 7) is 0.702. The molecule has 1 N–H and O–H groups in total. The Labute approximate surface area is 106 Å². The predicted molar refractivity (Wildman–Crippen MR) is 71.6 cm³/mol. The minimum atomic E-state index is -0.289. The molecule has 2 aromatic carbocycles. The van der Waals surface area contributed by atoms with E-state index in [2.05, 4.69) is 17.4 Å². The average Bonchev–Trinajstić information content (AvgIpc) is 2.42. The van der Waals surface area contributed by atoms with E-state index in [0.717, 1.165) is 6.42 Å². The van der Waals surface area contributed by atoms with Crippen molar-refractivity contribution in [2.75, 3.05) is 19.0 Å². The molecule has 0 saturated heterocycles. The fourth-order valence-electron chi connectivity index (χ4n) is 1.75. The minimum absolute atomic E-state index is 0.289. The molecule has 0 radical (unpaired) electrons. The first-order chi connectivity index (χ1) is 8.79. The van der Waals surface area contributed by atoms with E-state index in [1.54, 1.807) is 12.1 Å². The summed E-state index contributed by atoms with van der Waals surface area (Å²) in [6.07, 6.45) is 0.867. The first kappa shape index (κ1) is 12.4. The predicted octanol–water partition coefficient (Wildman–Crippen LogP) is 3.49. The van der Waals surface area contributed by atoms with Gasteiger partial charge in [0.1, 0.15) is 11.6 Å². The summed E-state index contributed by atoms with van der Waals surface area (Å²) in [6, 6.07) is 14.9. The normalized spacial score (nSPS) is 10.1. The topological polar surface area (TPSA) is 21.3 Å². The highest BCUT2D eigenvalue weighted by Gasteiger charge is 2.03. The number of methoxy groups -OCH3 is 1. The lowest BCUT2D eigenvalue weighted by atomic mass is 10.1. The van der Waals surface area contributed by atoms with Gasteiger partial charge in [-0.25, -0.2) is 4.39 Å². The quantitative estimate of drug-likeness (QED) is 0.870. The van der Waals surface area contributed by atoms with Crippen LogP contribution in [0.4, 0.5) is 10.1 Å². The second-order valence-electron chi connectivity index (χ2n) is 4.01. The molecular weight excluding hydrogens is 229 g/mol. The fraction of sp³-hybridized carbons (Fsp3) is 0.200. The molecule has 0 heterocycles. The summed E-state index contributed by atoms with van der Waals surface area (Å²) in [5.74, 6) is 0.239. The lowest BCUT2D eigenvalue weighted by molar-refractivity contribution is 0.411. The van der Waals surface area contributed by atoms with Crippen LogP contribution >= 0.6 is 0 Å². The van der Waals surface area contributed by atoms with Crippen LogP contribution in [0.5, 0.6) is 5.75 Å². The lowest BCUT2D eigenvalue weighted by Crippen LogP contribution is -2.06. The Hall–Kier alpha value is -2.03. The molecule has 0 aromatic heterocycles. The number of hydrogen-bond donors (Lipinski definition) is 1. The molecule has 0 aliphatic heterocycles. The highest BCUT2D eigenvalue weighted by molar-refractivity contribution is 5.48. The number of rotatable bonds is 5. The third kappa shape index (κ3) is 3.23. The molecule has 0 amide bonds. The number of hydrogen-bond acceptors (Lipinski definition) is 2. The number of benzene rings is 2. The van der Waals surface area contributed by atoms with Crippen LogP contribution in [0, 0.1) is 5.82 Å². The van der Waals surface area contributed by atoms with Crippen molar-refractivity contribution in [3.63, 3.8) is 0 Å². The standard InChI is InChI=1S/C15H16FNO/c1-18-13-7-8-15(14(16)11-13)17-10-9-12-5-3-2-4-6-12/h2-8,11,17H,9-10H2,1H3. The van der Waals surface area contributed by atoms with Crippen molar-refractivity contribution >= 4 is 5.69 Å². The summed E-state index contributed by atoms with van der Waals surface area (Å²) >= 11 is 0. The second-order valence-corrected chi connectivity index (χ2v) is 4.01. The molecule has 0 spiro atoms. The van der Waals surface area contributed by atoms with Crippen molar-refractivity contribution in [3.8, 4) is 5.75 Å². The van der Waals surface area contributed by atoms with E-state index in [1.165, 1.54) is 18.7 Å². The Morgan fingerprint density at radius 3 is 2.56 bits per heavy atom. The summed E-state index contributed by atoms with van der Waals surface area (Å²) < 4.78 is 18.6. The van der Waals surface area contributed by atoms with Crippen LogP contribution in [0.2, 0.25) is 0 Å². The number of anilines is 1. The molecular formula is C15H16FNO. The van der Waals surface area contributed by atoms with Gasteiger partial charge in [-0.3, -0.25) is 0 Å². The van der Waals surface area contributed by atoms with E-state index >= 15 is 0 Å². The molecule has 2 rings (SSSR count). The Morgan fingerprint density at radius 2 is 1.89 bits per heavy atom. The van der Waals surface area contributed by atoms with Gasteiger partial charge in [0.25, 0.3) is 0 Å². The maximum atomic E-state index is 13.6. The summed E-state index contributed by atoms with van der Waals surface area (Å²) in [5, 5.41) is 3.08. The maximum absolute atomic E-state index is 13.6. The van der Waals surface area contributed by atoms with Crippen molar-refractivity contribution in [3.05, 3.63) is 59.9 Å². The maximum Gasteiger partial charge on any atom is 0.149 e. The van der Waals surface area contributed by atoms with E-state index in [9.17, 15) is 4.39 Å². The largest absolute Gasteiger partial charge is 0.497 e. The van der Waals surface area contributed by atoms with Gasteiger partial charge < -0.3 is 10.1 Å². The van der Waals surface area contributed by atoms with Crippen LogP contribution in [-0.4, -0.2) is 13.7 Å². The lowest BCUT2D eigenvalue weighted by Gasteiger charge is -2.08. The van der Waals surface area contributed by atoms with Gasteiger partial charge in [-0.1, -0.05) is 30.3 Å². The van der Waals surface area contributed by atoms with Crippen LogP contribution in [0.3, 0.4) is 0 Å². The summed E-state index contributed by atoms with van der Waals surface area (Å²) in [5.41, 5.74) is 1.74. The number of halogens is 1. The Bertz CT molecular complexity index is 499. The number of ether oxygens (including phenoxy) is 1. The van der Waals surface area contributed by atoms with Gasteiger partial charge in [0, 0.05) is 12.6 Å². The zero-order chi connectivity index (χ0) is 12.8. The first-order valence-electron chi connectivity index (χ1n) is 5.91. The van der Waals surface area contributed by atoms with Crippen LogP contribution in [0.1, 0.15) is 5.56 Å². The summed E-state index contributed by atoms with van der Waals surface area (Å²) in [7, 11) is 1.53. The third-order valence-electron chi connectivity index (χ3n) is 2.75. The van der Waals surface area contributed by atoms with Crippen LogP contribution in [0.15, 0.2) is 48.5 Å². The van der Waals surface area contributed by atoms with Gasteiger partial charge in [0.05, 0.1) is 12.8 Å². The van der Waals surface area contributed by atoms with Crippen LogP contribution in [-0.2, 0) is 6.42 Å². The highest BCUT2D eigenvalue weighted by Crippen LogP contribution is 2.20. The van der Waals surface area contributed by atoms with Crippen molar-refractivity contribution in [1.29, 1.82) is 0 Å². The van der Waals surface area contributed by atoms with Gasteiger partial charge in [0.2, 0.25) is 0 Å². The average molecular weight is 245 g/mol. The molecule has 0 aliphatic carbocycles. The zero-order valence-electron chi connectivity index (χ0n) is 10.3. The molecule has 2 nitrogen and oxygen atoms in total. The van der Waals surface area contributed by atoms with Crippen molar-refractivity contribution in [2.45, 2.75) is 6.42 Å². The fourth-order valence-corrected chi connectivity index (χ4v) is 1.75. The molecule has 3 heteroatoms. The molecule has 0 bridgehead atoms. The van der Waals surface area contributed by atoms with Crippen LogP contribution in [0.25, 0.3) is 0 Å². The smallest absolute Gasteiger partial charge is 0.149 e. The van der Waals surface area contributed by atoms with Crippen molar-refractivity contribution in [1.82, 2.24) is 0 Å². The van der Waals surface area contributed by atoms with Gasteiger partial charge in [-0.2, -0.15) is 0 Å². The minimum Gasteiger partial charge on any atom is -0.497 e. The van der Waals surface area contributed by atoms with E-state index in [-0.39, 0.29) is 5.82 Å². The molecule has 0 unspecified atom stereocenters. The SMILES string of the molecule is COc1ccc(NCCc2ccccc2)c(F)c1. The highest BCUT2D eigenvalue weighted by atomic mass is 19.1. The Kier molecular flexibility index (Phi) is 4.18. The molecule has 0 aliphatic rings. The van der Waals surface area contributed by atoms with E-state index in [1.807, 2.05) is 18.2 Å². The van der Waals surface area contributed by atoms with Crippen molar-refractivity contribution < 1.29 is 9.13 Å². The van der Waals surface area contributed by atoms with Gasteiger partial charge in [-0.05, 0) is 24.1 Å². The van der Waals surface area contributed by atoms with Crippen molar-refractivity contribution in [2.24, 2.45) is 0 Å². The van der Waals surface area contributed by atoms with Crippen LogP contribution < -0.4 is 10.1 Å². The second kappa shape index (κ2) is 6.05. The van der Waals surface area contributed by atoms with E-state index < -0.39 is 0 Å². The van der Waals surface area contributed by atoms with E-state index in [4.69, 9.17) is 4.74 Å². The molecule has 2 aromatic rings. The van der Waals surface area contributed by atoms with Gasteiger partial charge in [0.15, 0.2) is 0 Å². The number of nitrogens with one attached hydrogen (secondary N) is 1. The van der Waals surface area contributed by atoms with Gasteiger partial charge >= 0.3 is 0 Å². The molecule has 0 saturated carbocycles. The van der Waals surface area contributed by atoms with E-state index in [0.29, 0.717) is 18.0 Å². The first-order valence-corrected chi connectivity index (χ1v) is 5.91. The van der Waals surface area contributed by atoms with Gasteiger partial charge in [-0.15, -0.1) is 0 Å². The Balaban J connectivity index is 1.91. The zero-order valence-corrected chi connectivity index (χ0v) is 10.3. The monoisotopic (exact) mass is 245 g/mol. The third-order valence-corrected chi connectivity index (χ3v) is 2.75. The molecule has 94 valence electrons. The molecule has 0 atom stereocenters. The molecule has 18 heavy (non-hydrogen) atoms. The Morgan fingerprint density at radius 1 is 1.11 bits per heavy atom. The molecule has 0 fully saturated rings. The summed E-state index contributed by atoms with van der Waals surface area (Å²) in [4.78, 5) is 0.